The van der Waals surface area contributed by atoms with Crippen LogP contribution in [0.4, 0.5) is 5.69 Å². The second-order valence-corrected chi connectivity index (χ2v) is 7.96. The Morgan fingerprint density at radius 3 is 2.25 bits per heavy atom. The number of hydrogen-bond donors (Lipinski definition) is 1. The third kappa shape index (κ3) is 4.05. The molecule has 0 saturated carbocycles. The molecule has 0 radical (unpaired) electrons. The van der Waals surface area contributed by atoms with Crippen molar-refractivity contribution in [1.82, 2.24) is 4.72 Å². The first kappa shape index (κ1) is 20.0. The van der Waals surface area contributed by atoms with Gasteiger partial charge >= 0.3 is 0 Å². The first-order chi connectivity index (χ1) is 13.4. The second-order valence-electron chi connectivity index (χ2n) is 6.24. The van der Waals surface area contributed by atoms with Gasteiger partial charge in [-0.15, -0.1) is 0 Å². The number of hydrogen-bond acceptors (Lipinski definition) is 6. The van der Waals surface area contributed by atoms with Crippen LogP contribution in [0.25, 0.3) is 0 Å². The van der Waals surface area contributed by atoms with Crippen LogP contribution in [0.15, 0.2) is 47.4 Å². The van der Waals surface area contributed by atoms with Gasteiger partial charge in [-0.3, -0.25) is 4.79 Å². The van der Waals surface area contributed by atoms with E-state index in [9.17, 15) is 13.2 Å². The van der Waals surface area contributed by atoms with Crippen molar-refractivity contribution in [1.29, 1.82) is 0 Å². The Kier molecular flexibility index (Phi) is 5.76. The van der Waals surface area contributed by atoms with Gasteiger partial charge in [0.15, 0.2) is 11.5 Å². The van der Waals surface area contributed by atoms with E-state index in [4.69, 9.17) is 14.2 Å². The van der Waals surface area contributed by atoms with Crippen LogP contribution in [0.3, 0.4) is 0 Å². The number of nitrogens with zero attached hydrogens (tertiary/aromatic N) is 1. The highest BCUT2D eigenvalue weighted by atomic mass is 32.2. The number of methoxy groups -OCH3 is 3. The SMILES string of the molecule is COc1ccc(N2CC(NS(=O)(=O)c3ccc(OC)c(OC)c3)CC2=O)cc1. The molecule has 1 N–H and O–H groups in total. The van der Waals surface area contributed by atoms with Crippen molar-refractivity contribution in [3.8, 4) is 17.2 Å². The number of amides is 1. The molecule has 2 aromatic rings. The van der Waals surface area contributed by atoms with Gasteiger partial charge in [0.1, 0.15) is 5.75 Å². The predicted molar refractivity (Wildman–Crippen MR) is 104 cm³/mol. The Hall–Kier alpha value is -2.78. The van der Waals surface area contributed by atoms with Crippen molar-refractivity contribution in [2.24, 2.45) is 0 Å². The Labute approximate surface area is 164 Å². The molecule has 0 aliphatic carbocycles. The minimum atomic E-state index is -3.83. The van der Waals surface area contributed by atoms with Gasteiger partial charge in [-0.2, -0.15) is 0 Å². The second kappa shape index (κ2) is 8.07. The van der Waals surface area contributed by atoms with Gasteiger partial charge in [0.05, 0.1) is 26.2 Å². The highest BCUT2D eigenvalue weighted by Crippen LogP contribution is 2.30. The van der Waals surface area contributed by atoms with Gasteiger partial charge in [-0.1, -0.05) is 0 Å². The zero-order valence-corrected chi connectivity index (χ0v) is 16.7. The quantitative estimate of drug-likeness (QED) is 0.754. The minimum absolute atomic E-state index is 0.0421. The summed E-state index contributed by atoms with van der Waals surface area (Å²) in [6, 6.07) is 10.8. The molecule has 1 unspecified atom stereocenters. The van der Waals surface area contributed by atoms with E-state index in [-0.39, 0.29) is 23.8 Å². The van der Waals surface area contributed by atoms with Crippen molar-refractivity contribution >= 4 is 21.6 Å². The topological polar surface area (TPSA) is 94.2 Å². The summed E-state index contributed by atoms with van der Waals surface area (Å²) in [7, 11) is 0.648. The molecule has 9 heteroatoms. The van der Waals surface area contributed by atoms with Crippen molar-refractivity contribution in [2.45, 2.75) is 17.4 Å². The summed E-state index contributed by atoms with van der Waals surface area (Å²) in [6.07, 6.45) is 0.0819. The van der Waals surface area contributed by atoms with E-state index < -0.39 is 16.1 Å². The highest BCUT2D eigenvalue weighted by Gasteiger charge is 2.33. The Morgan fingerprint density at radius 1 is 0.964 bits per heavy atom. The first-order valence-corrected chi connectivity index (χ1v) is 10.0. The molecule has 1 amide bonds. The Morgan fingerprint density at radius 2 is 1.64 bits per heavy atom. The van der Waals surface area contributed by atoms with Crippen LogP contribution in [0.2, 0.25) is 0 Å². The molecule has 28 heavy (non-hydrogen) atoms. The standard InChI is InChI=1S/C19H22N2O6S/c1-25-15-6-4-14(5-7-15)21-12-13(10-19(21)22)20-28(23,24)16-8-9-17(26-2)18(11-16)27-3/h4-9,11,13,20H,10,12H2,1-3H3. The van der Waals surface area contributed by atoms with Crippen molar-refractivity contribution < 1.29 is 27.4 Å². The predicted octanol–water partition coefficient (Wildman–Crippen LogP) is 1.80. The van der Waals surface area contributed by atoms with E-state index >= 15 is 0 Å². The molecule has 0 aromatic heterocycles. The summed E-state index contributed by atoms with van der Waals surface area (Å²) in [4.78, 5) is 14.0. The summed E-state index contributed by atoms with van der Waals surface area (Å²) in [5, 5.41) is 0. The molecule has 1 saturated heterocycles. The lowest BCUT2D eigenvalue weighted by atomic mass is 10.3. The average Bonchev–Trinajstić information content (AvgIpc) is 3.06. The Balaban J connectivity index is 1.75. The molecule has 1 aliphatic rings. The lowest BCUT2D eigenvalue weighted by molar-refractivity contribution is -0.117. The van der Waals surface area contributed by atoms with Crippen LogP contribution in [0.5, 0.6) is 17.2 Å². The molecular weight excluding hydrogens is 384 g/mol. The summed E-state index contributed by atoms with van der Waals surface area (Å²) < 4.78 is 43.5. The molecule has 150 valence electrons. The lowest BCUT2D eigenvalue weighted by Crippen LogP contribution is -2.37. The summed E-state index contributed by atoms with van der Waals surface area (Å²) >= 11 is 0. The summed E-state index contributed by atoms with van der Waals surface area (Å²) in [5.41, 5.74) is 0.693. The van der Waals surface area contributed by atoms with Gasteiger partial charge in [0, 0.05) is 30.8 Å². The number of nitrogens with one attached hydrogen (secondary N) is 1. The summed E-state index contributed by atoms with van der Waals surface area (Å²) in [5.74, 6) is 1.28. The molecule has 8 nitrogen and oxygen atoms in total. The van der Waals surface area contributed by atoms with E-state index in [2.05, 4.69) is 4.72 Å². The molecule has 1 fully saturated rings. The number of ether oxygens (including phenoxy) is 3. The molecule has 0 spiro atoms. The monoisotopic (exact) mass is 406 g/mol. The number of anilines is 1. The molecular formula is C19H22N2O6S. The smallest absolute Gasteiger partial charge is 0.241 e. The van der Waals surface area contributed by atoms with Gasteiger partial charge in [0.2, 0.25) is 15.9 Å². The molecule has 3 rings (SSSR count). The zero-order valence-electron chi connectivity index (χ0n) is 15.8. The average molecular weight is 406 g/mol. The van der Waals surface area contributed by atoms with Crippen LogP contribution in [0, 0.1) is 0 Å². The maximum atomic E-state index is 12.7. The Bertz CT molecular complexity index is 959. The van der Waals surface area contributed by atoms with Crippen LogP contribution in [0.1, 0.15) is 6.42 Å². The highest BCUT2D eigenvalue weighted by molar-refractivity contribution is 7.89. The van der Waals surface area contributed by atoms with E-state index in [1.165, 1.54) is 32.4 Å². The number of rotatable bonds is 7. The fraction of sp³-hybridized carbons (Fsp3) is 0.316. The van der Waals surface area contributed by atoms with Gasteiger partial charge in [-0.25, -0.2) is 13.1 Å². The van der Waals surface area contributed by atoms with Crippen LogP contribution in [-0.4, -0.2) is 48.2 Å². The molecule has 0 bridgehead atoms. The third-order valence-electron chi connectivity index (χ3n) is 4.50. The largest absolute Gasteiger partial charge is 0.497 e. The van der Waals surface area contributed by atoms with E-state index in [0.29, 0.717) is 22.9 Å². The normalized spacial score (nSPS) is 16.9. The number of carbonyl (C=O) groups is 1. The lowest BCUT2D eigenvalue weighted by Gasteiger charge is -2.18. The van der Waals surface area contributed by atoms with Gasteiger partial charge < -0.3 is 19.1 Å². The van der Waals surface area contributed by atoms with E-state index in [0.717, 1.165) is 0 Å². The van der Waals surface area contributed by atoms with Crippen LogP contribution >= 0.6 is 0 Å². The van der Waals surface area contributed by atoms with Crippen LogP contribution < -0.4 is 23.8 Å². The first-order valence-electron chi connectivity index (χ1n) is 8.56. The minimum Gasteiger partial charge on any atom is -0.497 e. The van der Waals surface area contributed by atoms with Crippen molar-refractivity contribution in [2.75, 3.05) is 32.8 Å². The molecule has 2 aromatic carbocycles. The van der Waals surface area contributed by atoms with Gasteiger partial charge in [0.25, 0.3) is 0 Å². The third-order valence-corrected chi connectivity index (χ3v) is 6.01. The van der Waals surface area contributed by atoms with E-state index in [1.807, 2.05) is 0 Å². The summed E-state index contributed by atoms with van der Waals surface area (Å²) in [6.45, 7) is 0.248. The number of benzene rings is 2. The molecule has 1 atom stereocenters. The number of carbonyl (C=O) groups excluding carboxylic acids is 1. The zero-order chi connectivity index (χ0) is 20.3. The fourth-order valence-electron chi connectivity index (χ4n) is 3.07. The van der Waals surface area contributed by atoms with Crippen molar-refractivity contribution in [3.63, 3.8) is 0 Å². The van der Waals surface area contributed by atoms with Gasteiger partial charge in [-0.05, 0) is 36.4 Å². The maximum Gasteiger partial charge on any atom is 0.241 e. The fourth-order valence-corrected chi connectivity index (χ4v) is 4.31. The molecule has 1 aliphatic heterocycles. The number of sulfonamides is 1. The van der Waals surface area contributed by atoms with Crippen LogP contribution in [-0.2, 0) is 14.8 Å². The van der Waals surface area contributed by atoms with E-state index in [1.54, 1.807) is 36.3 Å². The molecule has 1 heterocycles. The van der Waals surface area contributed by atoms with Crippen molar-refractivity contribution in [3.05, 3.63) is 42.5 Å². The maximum absolute atomic E-state index is 12.7.